The third kappa shape index (κ3) is 4.65. The van der Waals surface area contributed by atoms with E-state index in [1.165, 1.54) is 54.8 Å². The number of β-amino-alcohol motifs (C(OH)–C–C–N with tert-alkyl or cyclic N) is 1. The van der Waals surface area contributed by atoms with Crippen molar-refractivity contribution in [1.82, 2.24) is 4.90 Å². The van der Waals surface area contributed by atoms with Crippen molar-refractivity contribution in [3.8, 4) is 11.8 Å². The van der Waals surface area contributed by atoms with Gasteiger partial charge in [0, 0.05) is 18.7 Å². The average Bonchev–Trinajstić information content (AvgIpc) is 3.28. The Balaban J connectivity index is 1.64. The zero-order valence-corrected chi connectivity index (χ0v) is 21.2. The SMILES string of the molecule is CC(=O)N1CC(O)C(Oc2ccc(N3C(=S)N(c4ccc(C#N)c(C(F)(F)F)c4)C(=O)C3(C)C)cc2F)C1. The maximum absolute atomic E-state index is 15.1. The number of likely N-dealkylation sites (tertiary alicyclic amines) is 1. The van der Waals surface area contributed by atoms with Crippen molar-refractivity contribution in [3.63, 3.8) is 0 Å². The molecule has 2 aliphatic heterocycles. The minimum atomic E-state index is -4.84. The number of ether oxygens (including phenoxy) is 1. The number of nitrogens with zero attached hydrogens (tertiary/aromatic N) is 4. The second kappa shape index (κ2) is 9.52. The van der Waals surface area contributed by atoms with Gasteiger partial charge in [-0.3, -0.25) is 14.5 Å². The highest BCUT2D eigenvalue weighted by Gasteiger charge is 2.51. The van der Waals surface area contributed by atoms with Gasteiger partial charge in [0.05, 0.1) is 36.0 Å². The van der Waals surface area contributed by atoms with Gasteiger partial charge >= 0.3 is 6.18 Å². The summed E-state index contributed by atoms with van der Waals surface area (Å²) >= 11 is 5.46. The van der Waals surface area contributed by atoms with Crippen molar-refractivity contribution >= 4 is 40.5 Å². The highest BCUT2D eigenvalue weighted by Crippen LogP contribution is 2.40. The summed E-state index contributed by atoms with van der Waals surface area (Å²) in [7, 11) is 0. The zero-order chi connectivity index (χ0) is 28.2. The lowest BCUT2D eigenvalue weighted by Gasteiger charge is -2.29. The van der Waals surface area contributed by atoms with E-state index < -0.39 is 46.8 Å². The summed E-state index contributed by atoms with van der Waals surface area (Å²) in [4.78, 5) is 28.5. The number of rotatable bonds is 4. The van der Waals surface area contributed by atoms with E-state index in [1.807, 2.05) is 0 Å². The normalized spacial score (nSPS) is 21.2. The molecule has 0 saturated carbocycles. The van der Waals surface area contributed by atoms with Crippen LogP contribution in [-0.4, -0.2) is 57.8 Å². The quantitative estimate of drug-likeness (QED) is 0.459. The van der Waals surface area contributed by atoms with Crippen molar-refractivity contribution in [1.29, 1.82) is 5.26 Å². The van der Waals surface area contributed by atoms with Crippen LogP contribution in [0.4, 0.5) is 28.9 Å². The van der Waals surface area contributed by atoms with Gasteiger partial charge < -0.3 is 19.6 Å². The van der Waals surface area contributed by atoms with Crippen molar-refractivity contribution in [2.24, 2.45) is 0 Å². The molecule has 0 aliphatic carbocycles. The number of carbonyl (C=O) groups excluding carboxylic acids is 2. The first-order valence-electron chi connectivity index (χ1n) is 11.4. The fourth-order valence-corrected chi connectivity index (χ4v) is 5.00. The third-order valence-corrected chi connectivity index (χ3v) is 6.85. The number of aliphatic hydroxyl groups is 1. The summed E-state index contributed by atoms with van der Waals surface area (Å²) in [5.41, 5.74) is -3.27. The van der Waals surface area contributed by atoms with Crippen LogP contribution in [0.25, 0.3) is 0 Å². The Bertz CT molecular complexity index is 1370. The Morgan fingerprint density at radius 1 is 1.18 bits per heavy atom. The fraction of sp³-hybridized carbons (Fsp3) is 0.360. The van der Waals surface area contributed by atoms with Gasteiger partial charge in [-0.05, 0) is 56.4 Å². The molecule has 2 atom stereocenters. The Hall–Kier alpha value is -3.76. The van der Waals surface area contributed by atoms with Gasteiger partial charge in [0.1, 0.15) is 17.7 Å². The molecule has 1 N–H and O–H groups in total. The van der Waals surface area contributed by atoms with Crippen LogP contribution in [0.3, 0.4) is 0 Å². The number of hydrogen-bond acceptors (Lipinski definition) is 6. The van der Waals surface area contributed by atoms with Gasteiger partial charge in [0.15, 0.2) is 16.7 Å². The largest absolute Gasteiger partial charge is 0.483 e. The van der Waals surface area contributed by atoms with Gasteiger partial charge in [-0.1, -0.05) is 0 Å². The lowest BCUT2D eigenvalue weighted by atomic mass is 10.0. The number of carbonyl (C=O) groups is 2. The van der Waals surface area contributed by atoms with Gasteiger partial charge in [-0.25, -0.2) is 4.39 Å². The Morgan fingerprint density at radius 2 is 1.84 bits per heavy atom. The monoisotopic (exact) mass is 550 g/mol. The van der Waals surface area contributed by atoms with E-state index >= 15 is 4.39 Å². The lowest BCUT2D eigenvalue weighted by molar-refractivity contribution is -0.137. The molecular weight excluding hydrogens is 528 g/mol. The summed E-state index contributed by atoms with van der Waals surface area (Å²) in [6.07, 6.45) is -6.70. The number of nitriles is 1. The molecule has 4 rings (SSSR count). The maximum Gasteiger partial charge on any atom is 0.417 e. The van der Waals surface area contributed by atoms with E-state index in [-0.39, 0.29) is 41.2 Å². The van der Waals surface area contributed by atoms with Crippen LogP contribution in [0.1, 0.15) is 31.9 Å². The summed E-state index contributed by atoms with van der Waals surface area (Å²) < 4.78 is 61.2. The molecule has 0 aromatic heterocycles. The minimum absolute atomic E-state index is 0.0548. The van der Waals surface area contributed by atoms with Crippen molar-refractivity contribution in [2.75, 3.05) is 22.9 Å². The number of benzene rings is 2. The number of alkyl halides is 3. The Kier molecular flexibility index (Phi) is 6.83. The molecule has 2 aromatic carbocycles. The van der Waals surface area contributed by atoms with Crippen molar-refractivity contribution in [2.45, 2.75) is 44.7 Å². The Morgan fingerprint density at radius 3 is 2.39 bits per heavy atom. The van der Waals surface area contributed by atoms with E-state index in [0.29, 0.717) is 6.07 Å². The number of aliphatic hydroxyl groups excluding tert-OH is 1. The number of anilines is 2. The van der Waals surface area contributed by atoms with Gasteiger partial charge in [-0.15, -0.1) is 0 Å². The van der Waals surface area contributed by atoms with Crippen LogP contribution in [0.5, 0.6) is 5.75 Å². The predicted octanol–water partition coefficient (Wildman–Crippen LogP) is 3.60. The molecule has 13 heteroatoms. The van der Waals surface area contributed by atoms with Gasteiger partial charge in [-0.2, -0.15) is 18.4 Å². The maximum atomic E-state index is 15.1. The van der Waals surface area contributed by atoms with Crippen LogP contribution in [0, 0.1) is 17.1 Å². The molecule has 38 heavy (non-hydrogen) atoms. The van der Waals surface area contributed by atoms with Gasteiger partial charge in [0.25, 0.3) is 5.91 Å². The first-order valence-corrected chi connectivity index (χ1v) is 11.8. The summed E-state index contributed by atoms with van der Waals surface area (Å²) in [6, 6.07) is 8.07. The molecule has 2 fully saturated rings. The summed E-state index contributed by atoms with van der Waals surface area (Å²) in [6.45, 7) is 4.46. The fourth-order valence-electron chi connectivity index (χ4n) is 4.48. The minimum Gasteiger partial charge on any atom is -0.483 e. The average molecular weight is 551 g/mol. The van der Waals surface area contributed by atoms with E-state index in [9.17, 15) is 27.9 Å². The second-order valence-corrected chi connectivity index (χ2v) is 9.78. The van der Waals surface area contributed by atoms with Crippen molar-refractivity contribution < 1.29 is 37.0 Å². The van der Waals surface area contributed by atoms with E-state index in [0.717, 1.165) is 17.0 Å². The van der Waals surface area contributed by atoms with E-state index in [1.54, 1.807) is 0 Å². The molecule has 2 unspecified atom stereocenters. The zero-order valence-electron chi connectivity index (χ0n) is 20.4. The highest BCUT2D eigenvalue weighted by atomic mass is 32.1. The number of thiocarbonyl (C=S) groups is 1. The number of hydrogen-bond donors (Lipinski definition) is 1. The first-order chi connectivity index (χ1) is 17.7. The third-order valence-electron chi connectivity index (χ3n) is 6.49. The predicted molar refractivity (Wildman–Crippen MR) is 132 cm³/mol. The van der Waals surface area contributed by atoms with E-state index in [2.05, 4.69) is 0 Å². The summed E-state index contributed by atoms with van der Waals surface area (Å²) in [5.74, 6) is -1.94. The highest BCUT2D eigenvalue weighted by molar-refractivity contribution is 7.81. The first kappa shape index (κ1) is 27.3. The van der Waals surface area contributed by atoms with Crippen LogP contribution in [0.2, 0.25) is 0 Å². The van der Waals surface area contributed by atoms with Crippen LogP contribution in [-0.2, 0) is 15.8 Å². The van der Waals surface area contributed by atoms with Crippen molar-refractivity contribution in [3.05, 3.63) is 53.3 Å². The van der Waals surface area contributed by atoms with Crippen LogP contribution < -0.4 is 14.5 Å². The molecule has 2 heterocycles. The Labute approximate surface area is 220 Å². The smallest absolute Gasteiger partial charge is 0.417 e. The molecule has 2 amide bonds. The molecule has 8 nitrogen and oxygen atoms in total. The van der Waals surface area contributed by atoms with Crippen LogP contribution >= 0.6 is 12.2 Å². The molecule has 0 radical (unpaired) electrons. The van der Waals surface area contributed by atoms with Gasteiger partial charge in [0.2, 0.25) is 5.91 Å². The molecular formula is C25H22F4N4O4S. The van der Waals surface area contributed by atoms with Crippen LogP contribution in [0.15, 0.2) is 36.4 Å². The molecule has 2 aliphatic rings. The van der Waals surface area contributed by atoms with E-state index in [4.69, 9.17) is 22.2 Å². The molecule has 200 valence electrons. The topological polar surface area (TPSA) is 97.1 Å². The molecule has 0 spiro atoms. The molecule has 0 bridgehead atoms. The lowest BCUT2D eigenvalue weighted by Crippen LogP contribution is -2.44. The standard InChI is InChI=1S/C25H22F4N4O4S/c1-13(34)31-11-19(35)21(12-31)37-20-7-6-16(9-18(20)26)33-23(38)32(22(36)24(33,2)3)15-5-4-14(10-30)17(8-15)25(27,28)29/h4-9,19,21,35H,11-12H2,1-3H3. The number of halogens is 4. The summed E-state index contributed by atoms with van der Waals surface area (Å²) in [5, 5.41) is 19.0. The molecule has 2 aromatic rings. The number of amides is 2. The molecule has 2 saturated heterocycles. The second-order valence-electron chi connectivity index (χ2n) is 9.42.